The Morgan fingerprint density at radius 3 is 2.44 bits per heavy atom. The quantitative estimate of drug-likeness (QED) is 0.594. The molecular weight excluding hydrogens is 434 g/mol. The highest BCUT2D eigenvalue weighted by molar-refractivity contribution is 5.92. The smallest absolute Gasteiger partial charge is 0.252 e. The molecule has 2 heterocycles. The molecule has 0 radical (unpaired) electrons. The van der Waals surface area contributed by atoms with Gasteiger partial charge in [0.2, 0.25) is 5.91 Å². The normalized spacial score (nSPS) is 14.8. The number of fused-ring (bicyclic) bond motifs is 1. The lowest BCUT2D eigenvalue weighted by Gasteiger charge is -2.36. The molecule has 0 aliphatic carbocycles. The second-order valence-corrected chi connectivity index (χ2v) is 8.73. The first-order valence-electron chi connectivity index (χ1n) is 11.2. The van der Waals surface area contributed by atoms with Gasteiger partial charge in [0.05, 0.1) is 17.5 Å². The van der Waals surface area contributed by atoms with Crippen molar-refractivity contribution in [1.82, 2.24) is 19.8 Å². The molecular formula is C25H29N5O4. The standard InChI is InChI=1S/C25H29N5O4/c1-16-8-9-17-19(14-16)26-23(18-6-4-5-7-20(18)31)27-24(17)29-10-12-30(13-11-29)25(34)21(32)15-22(33)28(2)3/h4-9,14,21,31-32H,10-13,15H2,1-3H3/t21-/m1/s1. The number of aromatic nitrogens is 2. The van der Waals surface area contributed by atoms with Crippen LogP contribution in [0.5, 0.6) is 5.75 Å². The number of anilines is 1. The second-order valence-electron chi connectivity index (χ2n) is 8.73. The summed E-state index contributed by atoms with van der Waals surface area (Å²) in [6, 6.07) is 13.0. The molecule has 9 heteroatoms. The predicted molar refractivity (Wildman–Crippen MR) is 129 cm³/mol. The third kappa shape index (κ3) is 4.79. The summed E-state index contributed by atoms with van der Waals surface area (Å²) in [5.74, 6) is 0.546. The fourth-order valence-corrected chi connectivity index (χ4v) is 4.03. The highest BCUT2D eigenvalue weighted by atomic mass is 16.3. The molecule has 2 amide bonds. The van der Waals surface area contributed by atoms with Gasteiger partial charge in [0.15, 0.2) is 5.82 Å². The number of aliphatic hydroxyl groups excluding tert-OH is 1. The van der Waals surface area contributed by atoms with Gasteiger partial charge >= 0.3 is 0 Å². The maximum absolute atomic E-state index is 12.7. The molecule has 0 spiro atoms. The molecule has 1 aromatic heterocycles. The van der Waals surface area contributed by atoms with Gasteiger partial charge in [-0.2, -0.15) is 0 Å². The summed E-state index contributed by atoms with van der Waals surface area (Å²) in [4.78, 5) is 39.0. The zero-order valence-corrected chi connectivity index (χ0v) is 19.6. The number of aromatic hydroxyl groups is 1. The number of phenolic OH excluding ortho intramolecular Hbond substituents is 1. The molecule has 2 N–H and O–H groups in total. The van der Waals surface area contributed by atoms with Crippen molar-refractivity contribution < 1.29 is 19.8 Å². The van der Waals surface area contributed by atoms with Crippen molar-refractivity contribution in [3.05, 3.63) is 48.0 Å². The van der Waals surface area contributed by atoms with E-state index < -0.39 is 12.0 Å². The first-order valence-corrected chi connectivity index (χ1v) is 11.2. The minimum absolute atomic E-state index is 0.108. The Labute approximate surface area is 198 Å². The van der Waals surface area contributed by atoms with Crippen LogP contribution in [0, 0.1) is 6.92 Å². The Bertz CT molecular complexity index is 1220. The molecule has 178 valence electrons. The minimum atomic E-state index is -1.35. The summed E-state index contributed by atoms with van der Waals surface area (Å²) in [7, 11) is 3.19. The summed E-state index contributed by atoms with van der Waals surface area (Å²) in [5, 5.41) is 21.5. The van der Waals surface area contributed by atoms with Crippen molar-refractivity contribution in [2.75, 3.05) is 45.2 Å². The Hall–Kier alpha value is -3.72. The summed E-state index contributed by atoms with van der Waals surface area (Å²) < 4.78 is 0. The number of benzene rings is 2. The molecule has 1 saturated heterocycles. The number of amides is 2. The van der Waals surface area contributed by atoms with Crippen LogP contribution in [0.25, 0.3) is 22.3 Å². The van der Waals surface area contributed by atoms with E-state index >= 15 is 0 Å². The van der Waals surface area contributed by atoms with Crippen molar-refractivity contribution in [2.24, 2.45) is 0 Å². The number of rotatable bonds is 5. The molecule has 1 aliphatic heterocycles. The summed E-state index contributed by atoms with van der Waals surface area (Å²) in [6.45, 7) is 3.82. The number of nitrogens with zero attached hydrogens (tertiary/aromatic N) is 5. The van der Waals surface area contributed by atoms with E-state index in [2.05, 4.69) is 4.90 Å². The highest BCUT2D eigenvalue weighted by Crippen LogP contribution is 2.32. The van der Waals surface area contributed by atoms with Crippen LogP contribution in [-0.4, -0.2) is 88.2 Å². The third-order valence-corrected chi connectivity index (χ3v) is 6.02. The minimum Gasteiger partial charge on any atom is -0.507 e. The maximum atomic E-state index is 12.7. The van der Waals surface area contributed by atoms with Crippen LogP contribution in [0.15, 0.2) is 42.5 Å². The van der Waals surface area contributed by atoms with Crippen LogP contribution in [0.1, 0.15) is 12.0 Å². The van der Waals surface area contributed by atoms with E-state index in [9.17, 15) is 19.8 Å². The lowest BCUT2D eigenvalue weighted by atomic mass is 10.1. The van der Waals surface area contributed by atoms with Gasteiger partial charge in [0.1, 0.15) is 17.7 Å². The van der Waals surface area contributed by atoms with Crippen LogP contribution in [0.3, 0.4) is 0 Å². The maximum Gasteiger partial charge on any atom is 0.252 e. The van der Waals surface area contributed by atoms with Crippen molar-refractivity contribution in [3.8, 4) is 17.1 Å². The van der Waals surface area contributed by atoms with Crippen molar-refractivity contribution >= 4 is 28.5 Å². The Morgan fingerprint density at radius 2 is 1.76 bits per heavy atom. The molecule has 34 heavy (non-hydrogen) atoms. The molecule has 9 nitrogen and oxygen atoms in total. The molecule has 1 aliphatic rings. The molecule has 0 unspecified atom stereocenters. The van der Waals surface area contributed by atoms with Gasteiger partial charge in [-0.05, 0) is 36.8 Å². The number of carbonyl (C=O) groups excluding carboxylic acids is 2. The van der Waals surface area contributed by atoms with E-state index in [1.165, 1.54) is 4.90 Å². The first kappa shape index (κ1) is 23.4. The monoisotopic (exact) mass is 463 g/mol. The van der Waals surface area contributed by atoms with Gasteiger partial charge < -0.3 is 24.9 Å². The van der Waals surface area contributed by atoms with Crippen LogP contribution in [0.2, 0.25) is 0 Å². The number of carbonyl (C=O) groups is 2. The number of phenols is 1. The average molecular weight is 464 g/mol. The van der Waals surface area contributed by atoms with Crippen LogP contribution >= 0.6 is 0 Å². The zero-order chi connectivity index (χ0) is 24.4. The lowest BCUT2D eigenvalue weighted by Crippen LogP contribution is -2.52. The van der Waals surface area contributed by atoms with Gasteiger partial charge in [-0.25, -0.2) is 9.97 Å². The van der Waals surface area contributed by atoms with Gasteiger partial charge in [-0.1, -0.05) is 18.2 Å². The van der Waals surface area contributed by atoms with Crippen LogP contribution < -0.4 is 4.90 Å². The van der Waals surface area contributed by atoms with E-state index in [0.717, 1.165) is 22.3 Å². The fraction of sp³-hybridized carbons (Fsp3) is 0.360. The number of piperazine rings is 1. The molecule has 3 aromatic rings. The third-order valence-electron chi connectivity index (χ3n) is 6.02. The van der Waals surface area contributed by atoms with E-state index in [4.69, 9.17) is 9.97 Å². The largest absolute Gasteiger partial charge is 0.507 e. The van der Waals surface area contributed by atoms with Crippen LogP contribution in [-0.2, 0) is 9.59 Å². The van der Waals surface area contributed by atoms with E-state index in [1.807, 2.05) is 31.2 Å². The van der Waals surface area contributed by atoms with Crippen molar-refractivity contribution in [3.63, 3.8) is 0 Å². The molecule has 0 bridgehead atoms. The number of aliphatic hydroxyl groups is 1. The van der Waals surface area contributed by atoms with Gasteiger partial charge in [0.25, 0.3) is 5.91 Å². The molecule has 1 fully saturated rings. The Kier molecular flexibility index (Phi) is 6.65. The van der Waals surface area contributed by atoms with Crippen molar-refractivity contribution in [2.45, 2.75) is 19.4 Å². The Balaban J connectivity index is 1.58. The molecule has 4 rings (SSSR count). The van der Waals surface area contributed by atoms with Gasteiger partial charge in [-0.15, -0.1) is 0 Å². The Morgan fingerprint density at radius 1 is 1.06 bits per heavy atom. The molecule has 1 atom stereocenters. The zero-order valence-electron chi connectivity index (χ0n) is 19.6. The van der Waals surface area contributed by atoms with Gasteiger partial charge in [-0.3, -0.25) is 9.59 Å². The first-order chi connectivity index (χ1) is 16.2. The average Bonchev–Trinajstić information content (AvgIpc) is 2.83. The molecule has 0 saturated carbocycles. The second kappa shape index (κ2) is 9.64. The van der Waals surface area contributed by atoms with Gasteiger partial charge in [0, 0.05) is 45.7 Å². The number of hydrogen-bond donors (Lipinski definition) is 2. The van der Waals surface area contributed by atoms with E-state index in [1.54, 1.807) is 37.2 Å². The topological polar surface area (TPSA) is 110 Å². The highest BCUT2D eigenvalue weighted by Gasteiger charge is 2.29. The summed E-state index contributed by atoms with van der Waals surface area (Å²) >= 11 is 0. The number of para-hydroxylation sites is 1. The van der Waals surface area contributed by atoms with Crippen molar-refractivity contribution in [1.29, 1.82) is 0 Å². The number of hydrogen-bond acceptors (Lipinski definition) is 7. The summed E-state index contributed by atoms with van der Waals surface area (Å²) in [5.41, 5.74) is 2.39. The van der Waals surface area contributed by atoms with E-state index in [-0.39, 0.29) is 18.1 Å². The summed E-state index contributed by atoms with van der Waals surface area (Å²) in [6.07, 6.45) is -1.58. The molecule has 2 aromatic carbocycles. The van der Waals surface area contributed by atoms with Crippen LogP contribution in [0.4, 0.5) is 5.82 Å². The predicted octanol–water partition coefficient (Wildman–Crippen LogP) is 1.80. The fourth-order valence-electron chi connectivity index (χ4n) is 4.03. The lowest BCUT2D eigenvalue weighted by molar-refractivity contribution is -0.145. The van der Waals surface area contributed by atoms with E-state index in [0.29, 0.717) is 37.6 Å². The number of aryl methyl sites for hydroxylation is 1. The SMILES string of the molecule is Cc1ccc2c(N3CCN(C(=O)[C@H](O)CC(=O)N(C)C)CC3)nc(-c3ccccc3O)nc2c1.